The lowest BCUT2D eigenvalue weighted by Crippen LogP contribution is -2.39. The molecule has 2 fully saturated rings. The van der Waals surface area contributed by atoms with Gasteiger partial charge in [-0.15, -0.1) is 0 Å². The minimum absolute atomic E-state index is 0.254. The summed E-state index contributed by atoms with van der Waals surface area (Å²) in [5.74, 6) is 1.84. The van der Waals surface area contributed by atoms with Gasteiger partial charge in [0.15, 0.2) is 5.65 Å². The zero-order valence-corrected chi connectivity index (χ0v) is 16.0. The van der Waals surface area contributed by atoms with Crippen LogP contribution < -0.4 is 4.90 Å². The summed E-state index contributed by atoms with van der Waals surface area (Å²) in [5, 5.41) is 4.41. The molecule has 4 heterocycles. The summed E-state index contributed by atoms with van der Waals surface area (Å²) in [6.45, 7) is 1.73. The molecule has 0 bridgehead atoms. The third-order valence-corrected chi connectivity index (χ3v) is 5.88. The van der Waals surface area contributed by atoms with Gasteiger partial charge in [-0.05, 0) is 43.4 Å². The van der Waals surface area contributed by atoms with E-state index in [0.29, 0.717) is 12.3 Å². The van der Waals surface area contributed by atoms with Crippen LogP contribution in [0.5, 0.6) is 0 Å². The summed E-state index contributed by atoms with van der Waals surface area (Å²) in [6, 6.07) is 8.09. The minimum atomic E-state index is 0.254. The number of fused-ring (bicyclic) bond motifs is 1. The van der Waals surface area contributed by atoms with Crippen LogP contribution in [0.1, 0.15) is 25.7 Å². The molecule has 7 heteroatoms. The number of likely N-dealkylation sites (N-methyl/N-ethyl adjacent to an activating group) is 1. The Kier molecular flexibility index (Phi) is 4.22. The SMILES string of the molecule is CN(C(=O)CC1CC1)C1CCN(c2ccn3ncc(-c4ccccn4)c3n2)C1. The fraction of sp³-hybridized carbons (Fsp3) is 0.429. The largest absolute Gasteiger partial charge is 0.354 e. The maximum absolute atomic E-state index is 12.4. The molecule has 0 N–H and O–H groups in total. The maximum atomic E-state index is 12.4. The summed E-state index contributed by atoms with van der Waals surface area (Å²) in [4.78, 5) is 26.0. The van der Waals surface area contributed by atoms with Crippen LogP contribution in [0.2, 0.25) is 0 Å². The highest BCUT2D eigenvalue weighted by Gasteiger charge is 2.32. The van der Waals surface area contributed by atoms with Gasteiger partial charge < -0.3 is 9.80 Å². The molecule has 1 saturated heterocycles. The summed E-state index contributed by atoms with van der Waals surface area (Å²) in [6.07, 6.45) is 9.65. The number of anilines is 1. The van der Waals surface area contributed by atoms with E-state index in [1.807, 2.05) is 48.6 Å². The average molecular weight is 376 g/mol. The van der Waals surface area contributed by atoms with Crippen molar-refractivity contribution >= 4 is 17.4 Å². The lowest BCUT2D eigenvalue weighted by molar-refractivity contribution is -0.131. The van der Waals surface area contributed by atoms with Crippen molar-refractivity contribution in [3.05, 3.63) is 42.9 Å². The molecule has 5 rings (SSSR count). The predicted molar refractivity (Wildman–Crippen MR) is 107 cm³/mol. The van der Waals surface area contributed by atoms with Gasteiger partial charge >= 0.3 is 0 Å². The molecule has 0 radical (unpaired) electrons. The quantitative estimate of drug-likeness (QED) is 0.685. The Balaban J connectivity index is 1.35. The lowest BCUT2D eigenvalue weighted by Gasteiger charge is -2.25. The number of aromatic nitrogens is 4. The normalized spacial score (nSPS) is 19.3. The van der Waals surface area contributed by atoms with Crippen LogP contribution in [-0.4, -0.2) is 56.6 Å². The lowest BCUT2D eigenvalue weighted by atomic mass is 10.2. The molecule has 1 aliphatic carbocycles. The molecule has 1 unspecified atom stereocenters. The Morgan fingerprint density at radius 1 is 1.25 bits per heavy atom. The molecule has 3 aromatic rings. The fourth-order valence-corrected chi connectivity index (χ4v) is 3.92. The van der Waals surface area contributed by atoms with E-state index < -0.39 is 0 Å². The second kappa shape index (κ2) is 6.89. The fourth-order valence-electron chi connectivity index (χ4n) is 3.92. The van der Waals surface area contributed by atoms with Crippen molar-refractivity contribution in [3.8, 4) is 11.3 Å². The van der Waals surface area contributed by atoms with E-state index in [0.717, 1.165) is 42.2 Å². The van der Waals surface area contributed by atoms with Gasteiger partial charge in [0.1, 0.15) is 5.82 Å². The number of rotatable bonds is 5. The molecule has 0 aromatic carbocycles. The minimum Gasteiger partial charge on any atom is -0.354 e. The van der Waals surface area contributed by atoms with Crippen LogP contribution in [-0.2, 0) is 4.79 Å². The van der Waals surface area contributed by atoms with Crippen molar-refractivity contribution in [2.24, 2.45) is 5.92 Å². The molecule has 28 heavy (non-hydrogen) atoms. The number of carbonyl (C=O) groups is 1. The number of carbonyl (C=O) groups excluding carboxylic acids is 1. The third-order valence-electron chi connectivity index (χ3n) is 5.88. The zero-order valence-electron chi connectivity index (χ0n) is 16.0. The van der Waals surface area contributed by atoms with Gasteiger partial charge in [-0.2, -0.15) is 5.10 Å². The van der Waals surface area contributed by atoms with Crippen molar-refractivity contribution < 1.29 is 4.79 Å². The van der Waals surface area contributed by atoms with Crippen molar-refractivity contribution in [1.82, 2.24) is 24.5 Å². The van der Waals surface area contributed by atoms with E-state index in [9.17, 15) is 4.79 Å². The van der Waals surface area contributed by atoms with E-state index in [-0.39, 0.29) is 11.9 Å². The molecular weight excluding hydrogens is 352 g/mol. The Morgan fingerprint density at radius 3 is 2.93 bits per heavy atom. The van der Waals surface area contributed by atoms with E-state index in [1.54, 1.807) is 10.7 Å². The van der Waals surface area contributed by atoms with Crippen LogP contribution in [0.15, 0.2) is 42.9 Å². The van der Waals surface area contributed by atoms with Gasteiger partial charge in [-0.25, -0.2) is 9.50 Å². The van der Waals surface area contributed by atoms with Gasteiger partial charge in [0.05, 0.1) is 23.5 Å². The van der Waals surface area contributed by atoms with Gasteiger partial charge in [-0.3, -0.25) is 9.78 Å². The van der Waals surface area contributed by atoms with Crippen molar-refractivity contribution in [2.75, 3.05) is 25.0 Å². The molecule has 144 valence electrons. The monoisotopic (exact) mass is 376 g/mol. The molecule has 1 saturated carbocycles. The van der Waals surface area contributed by atoms with Crippen LogP contribution in [0.3, 0.4) is 0 Å². The molecule has 0 spiro atoms. The zero-order chi connectivity index (χ0) is 19.1. The van der Waals surface area contributed by atoms with Gasteiger partial charge in [0.2, 0.25) is 5.91 Å². The van der Waals surface area contributed by atoms with Crippen molar-refractivity contribution in [1.29, 1.82) is 0 Å². The van der Waals surface area contributed by atoms with Crippen LogP contribution >= 0.6 is 0 Å². The molecule has 2 aliphatic rings. The topological polar surface area (TPSA) is 66.6 Å². The van der Waals surface area contributed by atoms with E-state index >= 15 is 0 Å². The van der Waals surface area contributed by atoms with E-state index in [1.165, 1.54) is 12.8 Å². The van der Waals surface area contributed by atoms with Crippen LogP contribution in [0.4, 0.5) is 5.82 Å². The standard InChI is InChI=1S/C21H24N6O/c1-25(20(28)12-15-5-6-15)16-7-10-26(14-16)19-8-11-27-21(24-19)17(13-23-27)18-4-2-3-9-22-18/h2-4,8-9,11,13,15-16H,5-7,10,12,14H2,1H3. The highest BCUT2D eigenvalue weighted by atomic mass is 16.2. The maximum Gasteiger partial charge on any atom is 0.222 e. The Bertz CT molecular complexity index is 997. The molecule has 1 aliphatic heterocycles. The second-order valence-corrected chi connectivity index (χ2v) is 7.87. The first-order chi connectivity index (χ1) is 13.7. The van der Waals surface area contributed by atoms with Gasteiger partial charge in [0.25, 0.3) is 0 Å². The molecule has 3 aromatic heterocycles. The van der Waals surface area contributed by atoms with Gasteiger partial charge in [0, 0.05) is 39.0 Å². The molecule has 7 nitrogen and oxygen atoms in total. The van der Waals surface area contributed by atoms with Crippen molar-refractivity contribution in [3.63, 3.8) is 0 Å². The Labute approximate surface area is 164 Å². The number of pyridine rings is 1. The first kappa shape index (κ1) is 17.2. The van der Waals surface area contributed by atoms with Crippen LogP contribution in [0, 0.1) is 5.92 Å². The summed E-state index contributed by atoms with van der Waals surface area (Å²) in [5.41, 5.74) is 2.60. The molecular formula is C21H24N6O. The first-order valence-corrected chi connectivity index (χ1v) is 9.95. The number of amides is 1. The smallest absolute Gasteiger partial charge is 0.222 e. The van der Waals surface area contributed by atoms with Crippen LogP contribution in [0.25, 0.3) is 16.9 Å². The number of hydrogen-bond donors (Lipinski definition) is 0. The first-order valence-electron chi connectivity index (χ1n) is 9.95. The average Bonchev–Trinajstić information content (AvgIpc) is 3.24. The highest BCUT2D eigenvalue weighted by Crippen LogP contribution is 2.33. The Hall–Kier alpha value is -2.96. The third kappa shape index (κ3) is 3.21. The summed E-state index contributed by atoms with van der Waals surface area (Å²) >= 11 is 0. The van der Waals surface area contributed by atoms with E-state index in [4.69, 9.17) is 4.98 Å². The highest BCUT2D eigenvalue weighted by molar-refractivity contribution is 5.77. The molecule has 1 amide bonds. The predicted octanol–water partition coefficient (Wildman–Crippen LogP) is 2.63. The summed E-state index contributed by atoms with van der Waals surface area (Å²) < 4.78 is 1.78. The van der Waals surface area contributed by atoms with Gasteiger partial charge in [-0.1, -0.05) is 6.07 Å². The number of nitrogens with zero attached hydrogens (tertiary/aromatic N) is 6. The van der Waals surface area contributed by atoms with E-state index in [2.05, 4.69) is 15.0 Å². The number of hydrogen-bond acceptors (Lipinski definition) is 5. The Morgan fingerprint density at radius 2 is 2.14 bits per heavy atom. The summed E-state index contributed by atoms with van der Waals surface area (Å²) in [7, 11) is 1.95. The van der Waals surface area contributed by atoms with Crippen molar-refractivity contribution in [2.45, 2.75) is 31.7 Å². The molecule has 1 atom stereocenters. The second-order valence-electron chi connectivity index (χ2n) is 7.87.